The van der Waals surface area contributed by atoms with Crippen molar-refractivity contribution in [1.29, 1.82) is 0 Å². The number of carbonyl (C=O) groups excluding carboxylic acids is 3. The molecule has 4 aromatic rings. The van der Waals surface area contributed by atoms with E-state index in [1.165, 1.54) is 22.9 Å². The van der Waals surface area contributed by atoms with E-state index < -0.39 is 24.0 Å². The van der Waals surface area contributed by atoms with Crippen molar-refractivity contribution >= 4 is 34.4 Å². The maximum atomic E-state index is 12.6. The first-order valence-corrected chi connectivity index (χ1v) is 9.63. The summed E-state index contributed by atoms with van der Waals surface area (Å²) in [7, 11) is 0. The number of primary amides is 1. The lowest BCUT2D eigenvalue weighted by Crippen LogP contribution is -2.54. The number of hydrogen-bond donors (Lipinski definition) is 2. The monoisotopic (exact) mass is 470 g/mol. The van der Waals surface area contributed by atoms with Crippen LogP contribution in [0.3, 0.4) is 0 Å². The van der Waals surface area contributed by atoms with E-state index in [0.29, 0.717) is 27.0 Å². The van der Waals surface area contributed by atoms with Crippen LogP contribution in [0.25, 0.3) is 16.6 Å². The second kappa shape index (κ2) is 8.65. The minimum Gasteiger partial charge on any atom is -0.366 e. The smallest absolute Gasteiger partial charge is 0.366 e. The normalized spacial score (nSPS) is 11.3. The van der Waals surface area contributed by atoms with Crippen molar-refractivity contribution in [3.05, 3.63) is 84.3 Å². The molecule has 4 rings (SSSR count). The van der Waals surface area contributed by atoms with Crippen molar-refractivity contribution in [1.82, 2.24) is 9.78 Å². The molecular formula is C22H15F3N5O4+. The molecule has 9 nitrogen and oxygen atoms in total. The van der Waals surface area contributed by atoms with E-state index in [9.17, 15) is 27.6 Å². The van der Waals surface area contributed by atoms with Crippen molar-refractivity contribution in [3.63, 3.8) is 0 Å². The average molecular weight is 470 g/mol. The highest BCUT2D eigenvalue weighted by atomic mass is 19.4. The number of nitrogens with one attached hydrogen (secondary N) is 1. The van der Waals surface area contributed by atoms with E-state index >= 15 is 0 Å². The molecule has 0 atom stereocenters. The van der Waals surface area contributed by atoms with Gasteiger partial charge in [-0.3, -0.25) is 9.59 Å². The van der Waals surface area contributed by atoms with Gasteiger partial charge in [0.1, 0.15) is 5.52 Å². The van der Waals surface area contributed by atoms with Gasteiger partial charge in [0.15, 0.2) is 0 Å². The molecule has 0 fully saturated rings. The van der Waals surface area contributed by atoms with Gasteiger partial charge in [0, 0.05) is 34.1 Å². The molecule has 3 N–H and O–H groups in total. The van der Waals surface area contributed by atoms with E-state index in [2.05, 4.69) is 15.3 Å². The fourth-order valence-corrected chi connectivity index (χ4v) is 3.09. The van der Waals surface area contributed by atoms with Gasteiger partial charge in [0.2, 0.25) is 6.20 Å². The summed E-state index contributed by atoms with van der Waals surface area (Å²) in [6, 6.07) is 15.3. The number of nitrogens with zero attached hydrogens (tertiary/aromatic N) is 3. The molecular weight excluding hydrogens is 455 g/mol. The van der Waals surface area contributed by atoms with Crippen molar-refractivity contribution in [2.24, 2.45) is 5.73 Å². The van der Waals surface area contributed by atoms with Crippen LogP contribution in [0.15, 0.2) is 73.1 Å². The van der Waals surface area contributed by atoms with Crippen LogP contribution in [0.5, 0.6) is 0 Å². The van der Waals surface area contributed by atoms with E-state index in [1.807, 2.05) is 0 Å². The molecule has 2 aromatic carbocycles. The summed E-state index contributed by atoms with van der Waals surface area (Å²) in [6.07, 6.45) is -2.51. The highest BCUT2D eigenvalue weighted by molar-refractivity contribution is 6.04. The van der Waals surface area contributed by atoms with E-state index in [4.69, 9.17) is 5.73 Å². The number of fused-ring (bicyclic) bond motifs is 1. The van der Waals surface area contributed by atoms with Gasteiger partial charge in [0.25, 0.3) is 5.91 Å². The number of carbonyl (C=O) groups is 3. The van der Waals surface area contributed by atoms with Crippen LogP contribution in [-0.4, -0.2) is 33.7 Å². The molecule has 0 aliphatic rings. The van der Waals surface area contributed by atoms with Crippen molar-refractivity contribution in [2.45, 2.75) is 6.18 Å². The van der Waals surface area contributed by atoms with Gasteiger partial charge in [-0.1, -0.05) is 12.1 Å². The molecule has 2 aromatic heterocycles. The van der Waals surface area contributed by atoms with Crippen LogP contribution in [0, 0.1) is 0 Å². The number of anilines is 1. The second-order valence-electron chi connectivity index (χ2n) is 6.97. The number of benzene rings is 2. The minimum atomic E-state index is -5.22. The van der Waals surface area contributed by atoms with Crippen molar-refractivity contribution in [3.8, 4) is 5.69 Å². The third-order valence-corrected chi connectivity index (χ3v) is 4.66. The topological polar surface area (TPSA) is 120 Å². The number of aromatic nitrogens is 3. The molecule has 34 heavy (non-hydrogen) atoms. The number of pyridine rings is 1. The number of nitrogens with two attached hydrogens (primary N) is 1. The molecule has 2 amide bonds. The first-order chi connectivity index (χ1) is 16.1. The van der Waals surface area contributed by atoms with Crippen molar-refractivity contribution < 1.29 is 37.1 Å². The summed E-state index contributed by atoms with van der Waals surface area (Å²) in [5.41, 5.74) is 6.70. The molecule has 0 saturated heterocycles. The Morgan fingerprint density at radius 2 is 1.74 bits per heavy atom. The molecule has 0 bridgehead atoms. The Morgan fingerprint density at radius 3 is 2.41 bits per heavy atom. The summed E-state index contributed by atoms with van der Waals surface area (Å²) in [4.78, 5) is 39.6. The summed E-state index contributed by atoms with van der Waals surface area (Å²) in [5.74, 6) is -3.87. The van der Waals surface area contributed by atoms with Crippen molar-refractivity contribution in [2.75, 3.05) is 5.32 Å². The van der Waals surface area contributed by atoms with E-state index in [0.717, 1.165) is 6.20 Å². The Morgan fingerprint density at radius 1 is 1.00 bits per heavy atom. The van der Waals surface area contributed by atoms with Gasteiger partial charge in [-0.05, 0) is 36.4 Å². The Bertz CT molecular complexity index is 1410. The molecule has 0 saturated carbocycles. The number of alkyl halides is 3. The lowest BCUT2D eigenvalue weighted by Gasteiger charge is -2.06. The Kier molecular flexibility index (Phi) is 5.72. The molecule has 0 radical (unpaired) electrons. The maximum absolute atomic E-state index is 12.6. The van der Waals surface area contributed by atoms with Crippen LogP contribution in [-0.2, 0) is 4.79 Å². The van der Waals surface area contributed by atoms with Gasteiger partial charge >= 0.3 is 23.7 Å². The highest BCUT2D eigenvalue weighted by Crippen LogP contribution is 2.20. The molecule has 0 aliphatic carbocycles. The van der Waals surface area contributed by atoms with Crippen LogP contribution < -0.4 is 20.6 Å². The third kappa shape index (κ3) is 4.55. The zero-order chi connectivity index (χ0) is 24.5. The summed E-state index contributed by atoms with van der Waals surface area (Å²) in [5, 5.41) is 7.61. The number of amides is 2. The second-order valence-corrected chi connectivity index (χ2v) is 6.97. The zero-order valence-electron chi connectivity index (χ0n) is 17.1. The lowest BCUT2D eigenvalue weighted by atomic mass is 10.1. The summed E-state index contributed by atoms with van der Waals surface area (Å²) >= 11 is 0. The van der Waals surface area contributed by atoms with Gasteiger partial charge in [-0.2, -0.15) is 23.1 Å². The Hall–Kier alpha value is -4.74. The fraction of sp³-hybridized carbons (Fsp3) is 0.0455. The molecule has 172 valence electrons. The Balaban J connectivity index is 1.54. The molecule has 2 heterocycles. The first kappa shape index (κ1) is 22.5. The van der Waals surface area contributed by atoms with Crippen LogP contribution >= 0.6 is 0 Å². The SMILES string of the molecule is NC(=O)c1cccc2cn(-c3ccc(NC(=O)c4cccc[n+]4OC(=O)C(F)(F)F)cc3)nc12. The lowest BCUT2D eigenvalue weighted by molar-refractivity contribution is -0.871. The summed E-state index contributed by atoms with van der Waals surface area (Å²) in [6.45, 7) is 0. The van der Waals surface area contributed by atoms with Gasteiger partial charge in [0.05, 0.1) is 11.3 Å². The predicted molar refractivity (Wildman–Crippen MR) is 112 cm³/mol. The number of hydrogen-bond acceptors (Lipinski definition) is 5. The van der Waals surface area contributed by atoms with E-state index in [-0.39, 0.29) is 11.3 Å². The molecule has 12 heteroatoms. The fourth-order valence-electron chi connectivity index (χ4n) is 3.09. The van der Waals surface area contributed by atoms with Crippen LogP contribution in [0.2, 0.25) is 0 Å². The van der Waals surface area contributed by atoms with Crippen LogP contribution in [0.4, 0.5) is 18.9 Å². The minimum absolute atomic E-state index is 0.280. The zero-order valence-corrected chi connectivity index (χ0v) is 17.1. The first-order valence-electron chi connectivity index (χ1n) is 9.63. The van der Waals surface area contributed by atoms with E-state index in [1.54, 1.807) is 48.7 Å². The highest BCUT2D eigenvalue weighted by Gasteiger charge is 2.45. The number of rotatable bonds is 5. The van der Waals surface area contributed by atoms with Gasteiger partial charge in [-0.25, -0.2) is 9.48 Å². The molecule has 0 aliphatic heterocycles. The quantitative estimate of drug-likeness (QED) is 0.434. The predicted octanol–water partition coefficient (Wildman–Crippen LogP) is 2.18. The van der Waals surface area contributed by atoms with Crippen LogP contribution in [0.1, 0.15) is 20.8 Å². The standard InChI is InChI=1S/C22H14F3N5O4/c23-22(24,25)21(33)34-30-11-2-1-6-17(30)20(32)27-14-7-9-15(10-8-14)29-12-13-4-3-5-16(19(26)31)18(13)28-29/h1-12H,(H2-,26,27,31,32)/p+1. The molecule has 0 unspecified atom stereocenters. The third-order valence-electron chi connectivity index (χ3n) is 4.66. The van der Waals surface area contributed by atoms with Gasteiger partial charge < -0.3 is 11.1 Å². The largest absolute Gasteiger partial charge is 0.498 e. The van der Waals surface area contributed by atoms with Gasteiger partial charge in [-0.15, -0.1) is 0 Å². The maximum Gasteiger partial charge on any atom is 0.498 e. The Labute approximate surface area is 189 Å². The molecule has 0 spiro atoms. The average Bonchev–Trinajstić information content (AvgIpc) is 3.23. The number of halogens is 3. The summed E-state index contributed by atoms with van der Waals surface area (Å²) < 4.78 is 39.5.